The van der Waals surface area contributed by atoms with Gasteiger partial charge in [0.25, 0.3) is 5.56 Å². The van der Waals surface area contributed by atoms with Crippen molar-refractivity contribution in [2.75, 3.05) is 7.11 Å². The molecule has 0 saturated carbocycles. The molecule has 0 saturated heterocycles. The maximum absolute atomic E-state index is 12.2. The molecule has 21 heavy (non-hydrogen) atoms. The molecular weight excluding hydrogens is 266 g/mol. The third-order valence-corrected chi connectivity index (χ3v) is 3.12. The number of hydrogen-bond donors (Lipinski definition) is 0. The summed E-state index contributed by atoms with van der Waals surface area (Å²) in [5.41, 5.74) is 1.77. The second-order valence-corrected chi connectivity index (χ2v) is 4.56. The average molecular weight is 281 g/mol. The molecule has 1 aromatic heterocycles. The molecule has 0 aliphatic rings. The highest BCUT2D eigenvalue weighted by molar-refractivity contribution is 5.83. The van der Waals surface area contributed by atoms with Gasteiger partial charge in [0.2, 0.25) is 0 Å². The van der Waals surface area contributed by atoms with Crippen LogP contribution in [0.25, 0.3) is 0 Å². The fourth-order valence-corrected chi connectivity index (χ4v) is 2.05. The molecule has 0 aliphatic carbocycles. The van der Waals surface area contributed by atoms with Crippen LogP contribution in [-0.4, -0.2) is 18.0 Å². The molecule has 0 fully saturated rings. The number of rotatable bonds is 3. The van der Waals surface area contributed by atoms with Gasteiger partial charge < -0.3 is 4.74 Å². The molecule has 5 heteroatoms. The fraction of sp³-hybridized carbons (Fsp3) is 0.188. The normalized spacial score (nSPS) is 10.6. The number of pyridine rings is 1. The molecule has 1 heterocycles. The van der Waals surface area contributed by atoms with E-state index in [0.717, 1.165) is 5.56 Å². The monoisotopic (exact) mass is 281 g/mol. The van der Waals surface area contributed by atoms with Crippen molar-refractivity contribution in [3.8, 4) is 11.8 Å². The van der Waals surface area contributed by atoms with Crippen LogP contribution in [-0.2, 0) is 0 Å². The molecule has 106 valence electrons. The van der Waals surface area contributed by atoms with Gasteiger partial charge in [-0.15, -0.1) is 0 Å². The number of methoxy groups -OCH3 is 1. The standard InChI is InChI=1S/C16H15N3O2/c1-11-8-12(2)19(16(20)14(11)9-17)18-10-13-6-4-5-7-15(13)21-3/h4-8,10H,1-3H3. The van der Waals surface area contributed by atoms with Gasteiger partial charge in [-0.2, -0.15) is 10.4 Å². The number of hydrogen-bond acceptors (Lipinski definition) is 4. The zero-order chi connectivity index (χ0) is 15.4. The van der Waals surface area contributed by atoms with Crippen LogP contribution in [0.15, 0.2) is 40.2 Å². The Morgan fingerprint density at radius 1 is 1.33 bits per heavy atom. The number of nitrogens with zero attached hydrogens (tertiary/aromatic N) is 3. The first-order valence-corrected chi connectivity index (χ1v) is 6.39. The molecule has 0 atom stereocenters. The van der Waals surface area contributed by atoms with E-state index in [4.69, 9.17) is 10.00 Å². The van der Waals surface area contributed by atoms with Crippen LogP contribution in [0.3, 0.4) is 0 Å². The summed E-state index contributed by atoms with van der Waals surface area (Å²) < 4.78 is 6.45. The van der Waals surface area contributed by atoms with Gasteiger partial charge in [0.1, 0.15) is 17.4 Å². The minimum absolute atomic E-state index is 0.109. The van der Waals surface area contributed by atoms with Gasteiger partial charge in [-0.25, -0.2) is 4.68 Å². The Hall–Kier alpha value is -2.87. The first-order chi connectivity index (χ1) is 10.1. The van der Waals surface area contributed by atoms with Crippen LogP contribution in [0.2, 0.25) is 0 Å². The summed E-state index contributed by atoms with van der Waals surface area (Å²) in [6.45, 7) is 3.51. The molecule has 2 aromatic rings. The van der Waals surface area contributed by atoms with Gasteiger partial charge >= 0.3 is 0 Å². The lowest BCUT2D eigenvalue weighted by molar-refractivity contribution is 0.414. The summed E-state index contributed by atoms with van der Waals surface area (Å²) >= 11 is 0. The zero-order valence-electron chi connectivity index (χ0n) is 12.1. The zero-order valence-corrected chi connectivity index (χ0v) is 12.1. The van der Waals surface area contributed by atoms with E-state index in [1.807, 2.05) is 30.3 Å². The molecule has 0 bridgehead atoms. The number of ether oxygens (including phenoxy) is 1. The highest BCUT2D eigenvalue weighted by atomic mass is 16.5. The van der Waals surface area contributed by atoms with E-state index in [1.165, 1.54) is 4.68 Å². The van der Waals surface area contributed by atoms with Gasteiger partial charge in [0, 0.05) is 11.3 Å². The molecule has 0 unspecified atom stereocenters. The van der Waals surface area contributed by atoms with E-state index in [-0.39, 0.29) is 5.56 Å². The summed E-state index contributed by atoms with van der Waals surface area (Å²) in [6.07, 6.45) is 1.55. The second kappa shape index (κ2) is 6.06. The lowest BCUT2D eigenvalue weighted by Crippen LogP contribution is -2.22. The number of para-hydroxylation sites is 1. The predicted octanol–water partition coefficient (Wildman–Crippen LogP) is 2.23. The van der Waals surface area contributed by atoms with Crippen molar-refractivity contribution < 1.29 is 4.74 Å². The van der Waals surface area contributed by atoms with Crippen molar-refractivity contribution in [3.05, 3.63) is 63.1 Å². The van der Waals surface area contributed by atoms with Crippen LogP contribution < -0.4 is 10.3 Å². The van der Waals surface area contributed by atoms with Crippen LogP contribution in [0.1, 0.15) is 22.4 Å². The quantitative estimate of drug-likeness (QED) is 0.810. The maximum Gasteiger partial charge on any atom is 0.289 e. The highest BCUT2D eigenvalue weighted by Crippen LogP contribution is 2.15. The largest absolute Gasteiger partial charge is 0.496 e. The van der Waals surface area contributed by atoms with E-state index in [9.17, 15) is 4.79 Å². The summed E-state index contributed by atoms with van der Waals surface area (Å²) in [7, 11) is 1.57. The molecule has 0 spiro atoms. The average Bonchev–Trinajstić information content (AvgIpc) is 2.47. The minimum Gasteiger partial charge on any atom is -0.496 e. The topological polar surface area (TPSA) is 67.4 Å². The van der Waals surface area contributed by atoms with Crippen LogP contribution >= 0.6 is 0 Å². The third kappa shape index (κ3) is 2.84. The van der Waals surface area contributed by atoms with E-state index >= 15 is 0 Å². The smallest absolute Gasteiger partial charge is 0.289 e. The van der Waals surface area contributed by atoms with Crippen LogP contribution in [0.5, 0.6) is 5.75 Å². The van der Waals surface area contributed by atoms with Crippen molar-refractivity contribution in [2.45, 2.75) is 13.8 Å². The number of aromatic nitrogens is 1. The third-order valence-electron chi connectivity index (χ3n) is 3.12. The fourth-order valence-electron chi connectivity index (χ4n) is 2.05. The highest BCUT2D eigenvalue weighted by Gasteiger charge is 2.09. The molecule has 0 aliphatic heterocycles. The van der Waals surface area contributed by atoms with Gasteiger partial charge in [0.05, 0.1) is 13.3 Å². The van der Waals surface area contributed by atoms with Gasteiger partial charge in [0.15, 0.2) is 0 Å². The SMILES string of the molecule is COc1ccccc1C=Nn1c(C)cc(C)c(C#N)c1=O. The van der Waals surface area contributed by atoms with Gasteiger partial charge in [-0.1, -0.05) is 12.1 Å². The first kappa shape index (κ1) is 14.5. The molecule has 2 rings (SSSR count). The van der Waals surface area contributed by atoms with Gasteiger partial charge in [-0.05, 0) is 37.6 Å². The summed E-state index contributed by atoms with van der Waals surface area (Å²) in [5, 5.41) is 13.2. The van der Waals surface area contributed by atoms with E-state index in [1.54, 1.807) is 33.2 Å². The van der Waals surface area contributed by atoms with E-state index < -0.39 is 5.56 Å². The maximum atomic E-state index is 12.2. The van der Waals surface area contributed by atoms with Crippen LogP contribution in [0.4, 0.5) is 0 Å². The number of aryl methyl sites for hydroxylation is 2. The van der Waals surface area contributed by atoms with Gasteiger partial charge in [-0.3, -0.25) is 4.79 Å². The first-order valence-electron chi connectivity index (χ1n) is 6.39. The lowest BCUT2D eigenvalue weighted by Gasteiger charge is -2.07. The molecule has 0 radical (unpaired) electrons. The Balaban J connectivity index is 2.52. The van der Waals surface area contributed by atoms with Crippen molar-refractivity contribution >= 4 is 6.21 Å². The molecule has 0 N–H and O–H groups in total. The Labute approximate surface area is 122 Å². The van der Waals surface area contributed by atoms with E-state index in [2.05, 4.69) is 5.10 Å². The summed E-state index contributed by atoms with van der Waals surface area (Å²) in [5.74, 6) is 0.666. The number of nitriles is 1. The van der Waals surface area contributed by atoms with Crippen molar-refractivity contribution in [1.29, 1.82) is 5.26 Å². The lowest BCUT2D eigenvalue weighted by atomic mass is 10.1. The summed E-state index contributed by atoms with van der Waals surface area (Å²) in [4.78, 5) is 12.2. The second-order valence-electron chi connectivity index (χ2n) is 4.56. The Bertz CT molecular complexity index is 798. The van der Waals surface area contributed by atoms with Crippen molar-refractivity contribution in [1.82, 2.24) is 4.68 Å². The Kier molecular flexibility index (Phi) is 4.19. The molecular formula is C16H15N3O2. The minimum atomic E-state index is -0.416. The molecule has 5 nitrogen and oxygen atoms in total. The number of benzene rings is 1. The molecule has 1 aromatic carbocycles. The summed E-state index contributed by atoms with van der Waals surface area (Å²) in [6, 6.07) is 11.0. The van der Waals surface area contributed by atoms with Crippen molar-refractivity contribution in [3.63, 3.8) is 0 Å². The Morgan fingerprint density at radius 3 is 2.71 bits per heavy atom. The van der Waals surface area contributed by atoms with Crippen LogP contribution in [0, 0.1) is 25.2 Å². The van der Waals surface area contributed by atoms with E-state index in [0.29, 0.717) is 17.0 Å². The predicted molar refractivity (Wildman–Crippen MR) is 80.9 cm³/mol. The van der Waals surface area contributed by atoms with Crippen molar-refractivity contribution in [2.24, 2.45) is 5.10 Å². The molecule has 0 amide bonds. The Morgan fingerprint density at radius 2 is 2.05 bits per heavy atom.